The van der Waals surface area contributed by atoms with E-state index in [1.165, 1.54) is 11.3 Å². The first-order valence-electron chi connectivity index (χ1n) is 5.49. The number of benzene rings is 1. The van der Waals surface area contributed by atoms with Crippen LogP contribution in [0.3, 0.4) is 0 Å². The average molecular weight is 284 g/mol. The van der Waals surface area contributed by atoms with Gasteiger partial charge >= 0.3 is 0 Å². The van der Waals surface area contributed by atoms with E-state index in [-0.39, 0.29) is 12.5 Å². The van der Waals surface area contributed by atoms with Crippen molar-refractivity contribution in [3.63, 3.8) is 0 Å². The molecular weight excluding hydrogens is 270 g/mol. The van der Waals surface area contributed by atoms with Gasteiger partial charge in [0.05, 0.1) is 26.3 Å². The number of nitrogens with one attached hydrogen (secondary N) is 1. The van der Waals surface area contributed by atoms with Crippen molar-refractivity contribution >= 4 is 44.7 Å². The zero-order chi connectivity index (χ0) is 13.3. The maximum Gasteiger partial charge on any atom is 0.231 e. The Kier molecular flexibility index (Phi) is 3.56. The van der Waals surface area contributed by atoms with Crippen molar-refractivity contribution in [3.8, 4) is 0 Å². The van der Waals surface area contributed by atoms with Gasteiger partial charge < -0.3 is 11.1 Å². The second-order valence-electron chi connectivity index (χ2n) is 4.66. The Hall–Kier alpha value is -1.17. The highest BCUT2D eigenvalue weighted by molar-refractivity contribution is 7.16. The quantitative estimate of drug-likeness (QED) is 0.910. The Morgan fingerprint density at radius 3 is 2.94 bits per heavy atom. The second kappa shape index (κ2) is 4.84. The first kappa shape index (κ1) is 13.3. The summed E-state index contributed by atoms with van der Waals surface area (Å²) < 4.78 is 0.986. The van der Waals surface area contributed by atoms with Crippen LogP contribution in [-0.4, -0.2) is 17.4 Å². The molecule has 1 heterocycles. The van der Waals surface area contributed by atoms with Gasteiger partial charge in [0.1, 0.15) is 5.52 Å². The minimum atomic E-state index is -0.637. The Morgan fingerprint density at radius 1 is 1.56 bits per heavy atom. The normalized spacial score (nSPS) is 11.8. The lowest BCUT2D eigenvalue weighted by molar-refractivity contribution is -0.123. The predicted octanol–water partition coefficient (Wildman–Crippen LogP) is 2.87. The van der Waals surface area contributed by atoms with Crippen molar-refractivity contribution in [2.75, 3.05) is 11.9 Å². The number of thiazole rings is 1. The van der Waals surface area contributed by atoms with E-state index < -0.39 is 5.41 Å². The largest absolute Gasteiger partial charge is 0.329 e. The molecule has 0 radical (unpaired) electrons. The molecule has 1 amide bonds. The van der Waals surface area contributed by atoms with Gasteiger partial charge in [0.25, 0.3) is 0 Å². The number of nitrogens with zero attached hydrogens (tertiary/aromatic N) is 1. The lowest BCUT2D eigenvalue weighted by Gasteiger charge is -2.21. The molecule has 2 aromatic rings. The maximum atomic E-state index is 12.1. The highest BCUT2D eigenvalue weighted by Gasteiger charge is 2.27. The topological polar surface area (TPSA) is 68.0 Å². The smallest absolute Gasteiger partial charge is 0.231 e. The summed E-state index contributed by atoms with van der Waals surface area (Å²) in [6.07, 6.45) is 0. The Balaban J connectivity index is 2.40. The number of aromatic nitrogens is 1. The van der Waals surface area contributed by atoms with Crippen LogP contribution in [0.1, 0.15) is 13.8 Å². The molecule has 0 bridgehead atoms. The molecule has 0 saturated carbocycles. The SMILES string of the molecule is CC(C)(CN)C(=O)Nc1c(Cl)ccc2scnc12. The van der Waals surface area contributed by atoms with E-state index in [4.69, 9.17) is 17.3 Å². The lowest BCUT2D eigenvalue weighted by Crippen LogP contribution is -2.37. The van der Waals surface area contributed by atoms with Crippen LogP contribution in [0.5, 0.6) is 0 Å². The summed E-state index contributed by atoms with van der Waals surface area (Å²) in [5.74, 6) is -0.160. The molecule has 0 aliphatic rings. The van der Waals surface area contributed by atoms with E-state index in [0.717, 1.165) is 4.70 Å². The van der Waals surface area contributed by atoms with Gasteiger partial charge in [0.15, 0.2) is 0 Å². The third kappa shape index (κ3) is 2.34. The third-order valence-corrected chi connectivity index (χ3v) is 3.92. The molecule has 1 aromatic carbocycles. The second-order valence-corrected chi connectivity index (χ2v) is 5.96. The number of carbonyl (C=O) groups is 1. The van der Waals surface area contributed by atoms with Gasteiger partial charge in [-0.25, -0.2) is 4.98 Å². The van der Waals surface area contributed by atoms with Gasteiger partial charge in [-0.1, -0.05) is 11.6 Å². The van der Waals surface area contributed by atoms with Crippen molar-refractivity contribution in [1.29, 1.82) is 0 Å². The van der Waals surface area contributed by atoms with Crippen LogP contribution in [0.25, 0.3) is 10.2 Å². The minimum Gasteiger partial charge on any atom is -0.329 e. The molecule has 96 valence electrons. The maximum absolute atomic E-state index is 12.1. The molecule has 0 atom stereocenters. The molecule has 18 heavy (non-hydrogen) atoms. The molecule has 3 N–H and O–H groups in total. The fourth-order valence-electron chi connectivity index (χ4n) is 1.40. The predicted molar refractivity (Wildman–Crippen MR) is 76.1 cm³/mol. The van der Waals surface area contributed by atoms with Crippen LogP contribution >= 0.6 is 22.9 Å². The molecular formula is C12H14ClN3OS. The van der Waals surface area contributed by atoms with E-state index in [2.05, 4.69) is 10.3 Å². The lowest BCUT2D eigenvalue weighted by atomic mass is 9.92. The zero-order valence-corrected chi connectivity index (χ0v) is 11.7. The van der Waals surface area contributed by atoms with Crippen LogP contribution in [-0.2, 0) is 4.79 Å². The highest BCUT2D eigenvalue weighted by atomic mass is 35.5. The first-order valence-corrected chi connectivity index (χ1v) is 6.74. The Labute approximate surface area is 114 Å². The van der Waals surface area contributed by atoms with E-state index in [1.807, 2.05) is 6.07 Å². The van der Waals surface area contributed by atoms with Gasteiger partial charge in [-0.3, -0.25) is 4.79 Å². The van der Waals surface area contributed by atoms with E-state index in [9.17, 15) is 4.79 Å². The van der Waals surface area contributed by atoms with Crippen LogP contribution in [0.4, 0.5) is 5.69 Å². The highest BCUT2D eigenvalue weighted by Crippen LogP contribution is 2.33. The van der Waals surface area contributed by atoms with Crippen LogP contribution in [0.2, 0.25) is 5.02 Å². The first-order chi connectivity index (χ1) is 8.45. The molecule has 0 fully saturated rings. The van der Waals surface area contributed by atoms with Crippen molar-refractivity contribution in [2.45, 2.75) is 13.8 Å². The average Bonchev–Trinajstić information content (AvgIpc) is 2.81. The molecule has 2 rings (SSSR count). The van der Waals surface area contributed by atoms with Gasteiger partial charge in [-0.15, -0.1) is 11.3 Å². The molecule has 6 heteroatoms. The summed E-state index contributed by atoms with van der Waals surface area (Å²) in [7, 11) is 0. The van der Waals surface area contributed by atoms with Gasteiger partial charge in [0.2, 0.25) is 5.91 Å². The van der Waals surface area contributed by atoms with Crippen LogP contribution in [0.15, 0.2) is 17.6 Å². The van der Waals surface area contributed by atoms with E-state index in [1.54, 1.807) is 25.4 Å². The number of hydrogen-bond donors (Lipinski definition) is 2. The fraction of sp³-hybridized carbons (Fsp3) is 0.333. The number of rotatable bonds is 3. The van der Waals surface area contributed by atoms with E-state index in [0.29, 0.717) is 16.2 Å². The standard InChI is InChI=1S/C12H14ClN3OS/c1-12(2,5-14)11(17)16-9-7(13)3-4-8-10(9)15-6-18-8/h3-4,6H,5,14H2,1-2H3,(H,16,17). The monoisotopic (exact) mass is 283 g/mol. The fourth-order valence-corrected chi connectivity index (χ4v) is 2.29. The molecule has 0 saturated heterocycles. The summed E-state index contributed by atoms with van der Waals surface area (Å²) in [4.78, 5) is 16.3. The summed E-state index contributed by atoms with van der Waals surface area (Å²) in [6, 6.07) is 3.65. The number of amides is 1. The van der Waals surface area contributed by atoms with Gasteiger partial charge in [-0.2, -0.15) is 0 Å². The zero-order valence-electron chi connectivity index (χ0n) is 10.2. The third-order valence-electron chi connectivity index (χ3n) is 2.82. The molecule has 0 spiro atoms. The molecule has 1 aromatic heterocycles. The van der Waals surface area contributed by atoms with Crippen molar-refractivity contribution in [1.82, 2.24) is 4.98 Å². The number of hydrogen-bond acceptors (Lipinski definition) is 4. The minimum absolute atomic E-state index is 0.160. The summed E-state index contributed by atoms with van der Waals surface area (Å²) in [5, 5.41) is 3.30. The number of halogens is 1. The molecule has 0 unspecified atom stereocenters. The van der Waals surface area contributed by atoms with Crippen molar-refractivity contribution < 1.29 is 4.79 Å². The van der Waals surface area contributed by atoms with Crippen LogP contribution in [0, 0.1) is 5.41 Å². The van der Waals surface area contributed by atoms with Crippen molar-refractivity contribution in [3.05, 3.63) is 22.7 Å². The number of nitrogens with two attached hydrogens (primary N) is 1. The van der Waals surface area contributed by atoms with Crippen molar-refractivity contribution in [2.24, 2.45) is 11.1 Å². The number of anilines is 1. The summed E-state index contributed by atoms with van der Waals surface area (Å²) in [6.45, 7) is 3.85. The molecule has 0 aliphatic carbocycles. The Bertz CT molecular complexity index is 594. The Morgan fingerprint density at radius 2 is 2.28 bits per heavy atom. The van der Waals surface area contributed by atoms with Crippen LogP contribution < -0.4 is 11.1 Å². The molecule has 4 nitrogen and oxygen atoms in total. The van der Waals surface area contributed by atoms with Gasteiger partial charge in [-0.05, 0) is 26.0 Å². The van der Waals surface area contributed by atoms with E-state index >= 15 is 0 Å². The number of carbonyl (C=O) groups excluding carboxylic acids is 1. The summed E-state index contributed by atoms with van der Waals surface area (Å²) in [5.41, 5.74) is 7.95. The van der Waals surface area contributed by atoms with Gasteiger partial charge in [0, 0.05) is 6.54 Å². The molecule has 0 aliphatic heterocycles. The summed E-state index contributed by atoms with van der Waals surface area (Å²) >= 11 is 7.62. The number of fused-ring (bicyclic) bond motifs is 1.